The fraction of sp³-hybridized carbons (Fsp3) is 0.692. The first-order valence-electron chi connectivity index (χ1n) is 6.03. The van der Waals surface area contributed by atoms with Crippen LogP contribution in [0.1, 0.15) is 37.5 Å². The van der Waals surface area contributed by atoms with Crippen molar-refractivity contribution in [3.05, 3.63) is 22.4 Å². The van der Waals surface area contributed by atoms with Crippen molar-refractivity contribution in [3.63, 3.8) is 0 Å². The normalized spacial score (nSPS) is 31.7. The molecular formula is C13H21NS. The lowest BCUT2D eigenvalue weighted by molar-refractivity contribution is 0.221. The van der Waals surface area contributed by atoms with E-state index in [-0.39, 0.29) is 0 Å². The molecule has 1 heterocycles. The molecule has 0 aliphatic heterocycles. The standard InChI is InChI=1S/C13H21NS/c1-10-4-6-12(14)9-11(10)5-7-13-3-2-8-15-13/h2-3,8,10-12H,4-7,9,14H2,1H3. The molecule has 0 amide bonds. The molecule has 2 heteroatoms. The molecule has 1 fully saturated rings. The molecule has 0 saturated heterocycles. The van der Waals surface area contributed by atoms with E-state index in [1.807, 2.05) is 11.3 Å². The highest BCUT2D eigenvalue weighted by Crippen LogP contribution is 2.32. The summed E-state index contributed by atoms with van der Waals surface area (Å²) in [5, 5.41) is 2.17. The Balaban J connectivity index is 1.82. The Morgan fingerprint density at radius 3 is 3.07 bits per heavy atom. The maximum Gasteiger partial charge on any atom is 0.00453 e. The van der Waals surface area contributed by atoms with Crippen LogP contribution in [0.3, 0.4) is 0 Å². The predicted molar refractivity (Wildman–Crippen MR) is 67.1 cm³/mol. The van der Waals surface area contributed by atoms with Gasteiger partial charge in [0.25, 0.3) is 0 Å². The Hall–Kier alpha value is -0.340. The van der Waals surface area contributed by atoms with Crippen LogP contribution in [0.25, 0.3) is 0 Å². The Morgan fingerprint density at radius 1 is 1.47 bits per heavy atom. The van der Waals surface area contributed by atoms with Crippen LogP contribution < -0.4 is 5.73 Å². The van der Waals surface area contributed by atoms with Gasteiger partial charge >= 0.3 is 0 Å². The minimum absolute atomic E-state index is 0.467. The van der Waals surface area contributed by atoms with E-state index in [1.165, 1.54) is 37.0 Å². The summed E-state index contributed by atoms with van der Waals surface area (Å²) in [6.45, 7) is 2.39. The van der Waals surface area contributed by atoms with Crippen LogP contribution in [0.5, 0.6) is 0 Å². The fourth-order valence-corrected chi connectivity index (χ4v) is 3.36. The number of hydrogen-bond acceptors (Lipinski definition) is 2. The van der Waals surface area contributed by atoms with Gasteiger partial charge in [0.15, 0.2) is 0 Å². The van der Waals surface area contributed by atoms with Crippen molar-refractivity contribution >= 4 is 11.3 Å². The highest BCUT2D eigenvalue weighted by Gasteiger charge is 2.25. The van der Waals surface area contributed by atoms with Gasteiger partial charge < -0.3 is 5.73 Å². The highest BCUT2D eigenvalue weighted by molar-refractivity contribution is 7.09. The fourth-order valence-electron chi connectivity index (χ4n) is 2.64. The molecular weight excluding hydrogens is 202 g/mol. The SMILES string of the molecule is CC1CCC(N)CC1CCc1cccs1. The maximum atomic E-state index is 6.04. The zero-order valence-corrected chi connectivity index (χ0v) is 10.3. The molecule has 0 spiro atoms. The molecule has 1 nitrogen and oxygen atoms in total. The van der Waals surface area contributed by atoms with Gasteiger partial charge in [0.05, 0.1) is 0 Å². The van der Waals surface area contributed by atoms with Crippen molar-refractivity contribution in [2.45, 2.75) is 45.1 Å². The molecule has 3 unspecified atom stereocenters. The summed E-state index contributed by atoms with van der Waals surface area (Å²) in [7, 11) is 0. The zero-order chi connectivity index (χ0) is 10.7. The molecule has 15 heavy (non-hydrogen) atoms. The lowest BCUT2D eigenvalue weighted by Crippen LogP contribution is -2.32. The minimum Gasteiger partial charge on any atom is -0.328 e. The largest absolute Gasteiger partial charge is 0.328 e. The molecule has 0 radical (unpaired) electrons. The average Bonchev–Trinajstić information content (AvgIpc) is 2.72. The van der Waals surface area contributed by atoms with Crippen molar-refractivity contribution in [2.75, 3.05) is 0 Å². The van der Waals surface area contributed by atoms with E-state index in [0.717, 1.165) is 11.8 Å². The molecule has 1 aromatic rings. The zero-order valence-electron chi connectivity index (χ0n) is 9.49. The maximum absolute atomic E-state index is 6.04. The number of rotatable bonds is 3. The summed E-state index contributed by atoms with van der Waals surface area (Å²) >= 11 is 1.88. The molecule has 1 aliphatic rings. The van der Waals surface area contributed by atoms with Crippen LogP contribution in [-0.4, -0.2) is 6.04 Å². The van der Waals surface area contributed by atoms with Crippen molar-refractivity contribution in [1.82, 2.24) is 0 Å². The van der Waals surface area contributed by atoms with Gasteiger partial charge in [0, 0.05) is 10.9 Å². The molecule has 2 rings (SSSR count). The molecule has 1 saturated carbocycles. The van der Waals surface area contributed by atoms with Crippen molar-refractivity contribution in [1.29, 1.82) is 0 Å². The molecule has 2 N–H and O–H groups in total. The summed E-state index contributed by atoms with van der Waals surface area (Å²) in [5.41, 5.74) is 6.04. The van der Waals surface area contributed by atoms with Crippen LogP contribution in [0.4, 0.5) is 0 Å². The summed E-state index contributed by atoms with van der Waals surface area (Å²) in [5.74, 6) is 1.74. The number of hydrogen-bond donors (Lipinski definition) is 1. The van der Waals surface area contributed by atoms with Crippen LogP contribution in [0.15, 0.2) is 17.5 Å². The third-order valence-electron chi connectivity index (χ3n) is 3.74. The van der Waals surface area contributed by atoms with Gasteiger partial charge in [-0.25, -0.2) is 0 Å². The Kier molecular flexibility index (Phi) is 3.81. The van der Waals surface area contributed by atoms with Gasteiger partial charge in [-0.2, -0.15) is 0 Å². The summed E-state index contributed by atoms with van der Waals surface area (Å²) < 4.78 is 0. The average molecular weight is 223 g/mol. The molecule has 0 bridgehead atoms. The van der Waals surface area contributed by atoms with Crippen molar-refractivity contribution < 1.29 is 0 Å². The first-order valence-corrected chi connectivity index (χ1v) is 6.91. The van der Waals surface area contributed by atoms with E-state index in [1.54, 1.807) is 0 Å². The van der Waals surface area contributed by atoms with Gasteiger partial charge in [-0.1, -0.05) is 13.0 Å². The summed E-state index contributed by atoms with van der Waals surface area (Å²) in [6.07, 6.45) is 6.38. The molecule has 1 aromatic heterocycles. The molecule has 84 valence electrons. The second-order valence-electron chi connectivity index (χ2n) is 4.93. The third kappa shape index (κ3) is 3.05. The lowest BCUT2D eigenvalue weighted by atomic mass is 9.76. The Labute approximate surface area is 96.7 Å². The van der Waals surface area contributed by atoms with Gasteiger partial charge in [0.1, 0.15) is 0 Å². The first kappa shape index (κ1) is 11.2. The molecule has 3 atom stereocenters. The minimum atomic E-state index is 0.467. The predicted octanol–water partition coefficient (Wildman–Crippen LogP) is 3.44. The number of thiophene rings is 1. The topological polar surface area (TPSA) is 26.0 Å². The van der Waals surface area contributed by atoms with E-state index >= 15 is 0 Å². The molecule has 0 aromatic carbocycles. The number of nitrogens with two attached hydrogens (primary N) is 1. The van der Waals surface area contributed by atoms with Crippen LogP contribution in [0, 0.1) is 11.8 Å². The quantitative estimate of drug-likeness (QED) is 0.834. The Morgan fingerprint density at radius 2 is 2.33 bits per heavy atom. The second-order valence-corrected chi connectivity index (χ2v) is 5.96. The lowest BCUT2D eigenvalue weighted by Gasteiger charge is -2.32. The number of aryl methyl sites for hydroxylation is 1. The van der Waals surface area contributed by atoms with Gasteiger partial charge in [-0.15, -0.1) is 11.3 Å². The van der Waals surface area contributed by atoms with Crippen LogP contribution in [-0.2, 0) is 6.42 Å². The van der Waals surface area contributed by atoms with Crippen molar-refractivity contribution in [3.8, 4) is 0 Å². The van der Waals surface area contributed by atoms with Gasteiger partial charge in [0.2, 0.25) is 0 Å². The smallest absolute Gasteiger partial charge is 0.00453 e. The monoisotopic (exact) mass is 223 g/mol. The first-order chi connectivity index (χ1) is 7.25. The van der Waals surface area contributed by atoms with E-state index < -0.39 is 0 Å². The van der Waals surface area contributed by atoms with Crippen molar-refractivity contribution in [2.24, 2.45) is 17.6 Å². The summed E-state index contributed by atoms with van der Waals surface area (Å²) in [6, 6.07) is 4.86. The van der Waals surface area contributed by atoms with E-state index in [9.17, 15) is 0 Å². The third-order valence-corrected chi connectivity index (χ3v) is 4.68. The van der Waals surface area contributed by atoms with E-state index in [0.29, 0.717) is 6.04 Å². The van der Waals surface area contributed by atoms with Gasteiger partial charge in [-0.3, -0.25) is 0 Å². The molecule has 1 aliphatic carbocycles. The van der Waals surface area contributed by atoms with Crippen LogP contribution >= 0.6 is 11.3 Å². The second kappa shape index (κ2) is 5.13. The Bertz CT molecular complexity index is 281. The van der Waals surface area contributed by atoms with E-state index in [4.69, 9.17) is 5.73 Å². The summed E-state index contributed by atoms with van der Waals surface area (Å²) in [4.78, 5) is 1.53. The van der Waals surface area contributed by atoms with Crippen LogP contribution in [0.2, 0.25) is 0 Å². The van der Waals surface area contributed by atoms with Gasteiger partial charge in [-0.05, 0) is 55.4 Å². The van der Waals surface area contributed by atoms with E-state index in [2.05, 4.69) is 24.4 Å². The highest BCUT2D eigenvalue weighted by atomic mass is 32.1.